The molecule has 2 rings (SSSR count). The van der Waals surface area contributed by atoms with Crippen molar-refractivity contribution in [1.29, 1.82) is 0 Å². The van der Waals surface area contributed by atoms with Gasteiger partial charge in [-0.25, -0.2) is 4.39 Å². The van der Waals surface area contributed by atoms with E-state index in [4.69, 9.17) is 9.47 Å². The lowest BCUT2D eigenvalue weighted by Gasteiger charge is -2.12. The van der Waals surface area contributed by atoms with Gasteiger partial charge in [0.05, 0.1) is 14.2 Å². The van der Waals surface area contributed by atoms with Crippen LogP contribution in [0.4, 0.5) is 4.39 Å². The Morgan fingerprint density at radius 2 is 1.67 bits per heavy atom. The SMILES string of the molecule is COc1ccc(C(=O)C(O)c2ccc(F)cc2)cc1OC. The van der Waals surface area contributed by atoms with Gasteiger partial charge in [0.15, 0.2) is 17.3 Å². The van der Waals surface area contributed by atoms with Crippen LogP contribution in [0.5, 0.6) is 11.5 Å². The Hall–Kier alpha value is -2.40. The largest absolute Gasteiger partial charge is 0.493 e. The topological polar surface area (TPSA) is 55.8 Å². The maximum Gasteiger partial charge on any atom is 0.195 e. The Morgan fingerprint density at radius 3 is 2.24 bits per heavy atom. The van der Waals surface area contributed by atoms with Crippen LogP contribution in [0.2, 0.25) is 0 Å². The molecule has 0 aliphatic carbocycles. The molecule has 0 amide bonds. The predicted molar refractivity (Wildman–Crippen MR) is 75.2 cm³/mol. The van der Waals surface area contributed by atoms with Gasteiger partial charge in [-0.1, -0.05) is 12.1 Å². The van der Waals surface area contributed by atoms with Crippen molar-refractivity contribution >= 4 is 5.78 Å². The summed E-state index contributed by atoms with van der Waals surface area (Å²) in [6.07, 6.45) is -1.36. The lowest BCUT2D eigenvalue weighted by Crippen LogP contribution is -2.12. The quantitative estimate of drug-likeness (QED) is 0.860. The van der Waals surface area contributed by atoms with Crippen LogP contribution in [0, 0.1) is 5.82 Å². The highest BCUT2D eigenvalue weighted by Crippen LogP contribution is 2.29. The number of halogens is 1. The molecule has 0 saturated heterocycles. The third kappa shape index (κ3) is 3.20. The minimum absolute atomic E-state index is 0.282. The zero-order chi connectivity index (χ0) is 15.4. The maximum absolute atomic E-state index is 12.9. The summed E-state index contributed by atoms with van der Waals surface area (Å²) in [5.41, 5.74) is 0.612. The van der Waals surface area contributed by atoms with E-state index in [1.807, 2.05) is 0 Å². The van der Waals surface area contributed by atoms with Crippen LogP contribution < -0.4 is 9.47 Å². The highest BCUT2D eigenvalue weighted by atomic mass is 19.1. The van der Waals surface area contributed by atoms with E-state index in [1.54, 1.807) is 6.07 Å². The average molecular weight is 290 g/mol. The fourth-order valence-electron chi connectivity index (χ4n) is 1.94. The third-order valence-electron chi connectivity index (χ3n) is 3.10. The first-order valence-corrected chi connectivity index (χ1v) is 6.26. The first-order chi connectivity index (χ1) is 10.1. The molecule has 1 atom stereocenters. The van der Waals surface area contributed by atoms with Crippen molar-refractivity contribution in [1.82, 2.24) is 0 Å². The molecule has 2 aromatic rings. The third-order valence-corrected chi connectivity index (χ3v) is 3.10. The number of ketones is 1. The average Bonchev–Trinajstić information content (AvgIpc) is 2.53. The summed E-state index contributed by atoms with van der Waals surface area (Å²) < 4.78 is 23.1. The second-order valence-corrected chi connectivity index (χ2v) is 4.39. The van der Waals surface area contributed by atoms with Gasteiger partial charge >= 0.3 is 0 Å². The van der Waals surface area contributed by atoms with Gasteiger partial charge in [-0.05, 0) is 35.9 Å². The standard InChI is InChI=1S/C16H15FO4/c1-20-13-8-5-11(9-14(13)21-2)16(19)15(18)10-3-6-12(17)7-4-10/h3-9,15,18H,1-2H3. The molecule has 0 aliphatic heterocycles. The molecule has 0 aromatic heterocycles. The minimum Gasteiger partial charge on any atom is -0.493 e. The number of ether oxygens (including phenoxy) is 2. The van der Waals surface area contributed by atoms with Gasteiger partial charge in [-0.3, -0.25) is 4.79 Å². The summed E-state index contributed by atoms with van der Waals surface area (Å²) in [6, 6.07) is 9.76. The summed E-state index contributed by atoms with van der Waals surface area (Å²) in [6.45, 7) is 0. The first kappa shape index (κ1) is 15.0. The Morgan fingerprint density at radius 1 is 1.05 bits per heavy atom. The van der Waals surface area contributed by atoms with Crippen molar-refractivity contribution in [2.24, 2.45) is 0 Å². The van der Waals surface area contributed by atoms with E-state index in [0.717, 1.165) is 0 Å². The van der Waals surface area contributed by atoms with Crippen molar-refractivity contribution < 1.29 is 23.8 Å². The fraction of sp³-hybridized carbons (Fsp3) is 0.188. The van der Waals surface area contributed by atoms with Crippen LogP contribution in [0.3, 0.4) is 0 Å². The van der Waals surface area contributed by atoms with Crippen molar-refractivity contribution in [3.63, 3.8) is 0 Å². The molecule has 2 aromatic carbocycles. The van der Waals surface area contributed by atoms with Crippen molar-refractivity contribution in [2.45, 2.75) is 6.10 Å². The molecule has 1 unspecified atom stereocenters. The number of aliphatic hydroxyl groups is 1. The summed E-state index contributed by atoms with van der Waals surface area (Å²) in [5.74, 6) is -0.0351. The highest BCUT2D eigenvalue weighted by molar-refractivity contribution is 6.00. The minimum atomic E-state index is -1.36. The number of hydrogen-bond acceptors (Lipinski definition) is 4. The lowest BCUT2D eigenvalue weighted by atomic mass is 9.99. The van der Waals surface area contributed by atoms with Gasteiger partial charge in [0.25, 0.3) is 0 Å². The Balaban J connectivity index is 2.29. The summed E-state index contributed by atoms with van der Waals surface area (Å²) >= 11 is 0. The van der Waals surface area contributed by atoms with Crippen LogP contribution in [-0.4, -0.2) is 25.1 Å². The Labute approximate surface area is 121 Å². The maximum atomic E-state index is 12.9. The molecule has 0 bridgehead atoms. The molecule has 0 radical (unpaired) electrons. The number of rotatable bonds is 5. The molecule has 0 aliphatic rings. The number of methoxy groups -OCH3 is 2. The molecule has 110 valence electrons. The van der Waals surface area contributed by atoms with Crippen molar-refractivity contribution in [2.75, 3.05) is 14.2 Å². The van der Waals surface area contributed by atoms with Crippen LogP contribution in [0.1, 0.15) is 22.0 Å². The van der Waals surface area contributed by atoms with E-state index in [1.165, 1.54) is 50.6 Å². The van der Waals surface area contributed by atoms with Crippen molar-refractivity contribution in [3.8, 4) is 11.5 Å². The van der Waals surface area contributed by atoms with E-state index < -0.39 is 17.7 Å². The van der Waals surface area contributed by atoms with E-state index in [-0.39, 0.29) is 5.56 Å². The number of carbonyl (C=O) groups is 1. The Bertz CT molecular complexity index is 637. The molecular weight excluding hydrogens is 275 g/mol. The number of aliphatic hydroxyl groups excluding tert-OH is 1. The summed E-state index contributed by atoms with van der Waals surface area (Å²) in [4.78, 5) is 12.3. The van der Waals surface area contributed by atoms with Gasteiger partial charge in [0.1, 0.15) is 11.9 Å². The van der Waals surface area contributed by atoms with Crippen LogP contribution in [0.25, 0.3) is 0 Å². The molecule has 0 fully saturated rings. The molecule has 21 heavy (non-hydrogen) atoms. The van der Waals surface area contributed by atoms with Crippen LogP contribution in [-0.2, 0) is 0 Å². The van der Waals surface area contributed by atoms with Crippen LogP contribution in [0.15, 0.2) is 42.5 Å². The van der Waals surface area contributed by atoms with Gasteiger partial charge in [0, 0.05) is 5.56 Å². The van der Waals surface area contributed by atoms with E-state index in [2.05, 4.69) is 0 Å². The van der Waals surface area contributed by atoms with Gasteiger partial charge in [0.2, 0.25) is 0 Å². The second-order valence-electron chi connectivity index (χ2n) is 4.39. The molecule has 1 N–H and O–H groups in total. The monoisotopic (exact) mass is 290 g/mol. The lowest BCUT2D eigenvalue weighted by molar-refractivity contribution is 0.0747. The predicted octanol–water partition coefficient (Wildman–Crippen LogP) is 2.76. The smallest absolute Gasteiger partial charge is 0.195 e. The zero-order valence-corrected chi connectivity index (χ0v) is 11.7. The van der Waals surface area contributed by atoms with Crippen LogP contribution >= 0.6 is 0 Å². The second kappa shape index (κ2) is 6.37. The van der Waals surface area contributed by atoms with E-state index >= 15 is 0 Å². The molecule has 5 heteroatoms. The summed E-state index contributed by atoms with van der Waals surface area (Å²) in [7, 11) is 2.95. The van der Waals surface area contributed by atoms with Gasteiger partial charge in [-0.2, -0.15) is 0 Å². The Kier molecular flexibility index (Phi) is 4.55. The zero-order valence-electron chi connectivity index (χ0n) is 11.7. The molecule has 0 spiro atoms. The molecule has 4 nitrogen and oxygen atoms in total. The number of benzene rings is 2. The van der Waals surface area contributed by atoms with Gasteiger partial charge in [-0.15, -0.1) is 0 Å². The van der Waals surface area contributed by atoms with E-state index in [0.29, 0.717) is 17.1 Å². The van der Waals surface area contributed by atoms with Crippen molar-refractivity contribution in [3.05, 3.63) is 59.4 Å². The van der Waals surface area contributed by atoms with E-state index in [9.17, 15) is 14.3 Å². The normalized spacial score (nSPS) is 11.8. The molecule has 0 heterocycles. The number of hydrogen-bond donors (Lipinski definition) is 1. The number of carbonyl (C=O) groups excluding carboxylic acids is 1. The molecule has 0 saturated carbocycles. The number of Topliss-reactive ketones (excluding diaryl/α,β-unsaturated/α-hetero) is 1. The summed E-state index contributed by atoms with van der Waals surface area (Å²) in [5, 5.41) is 10.1. The first-order valence-electron chi connectivity index (χ1n) is 6.26. The molecular formula is C16H15FO4. The highest BCUT2D eigenvalue weighted by Gasteiger charge is 2.20. The fourth-order valence-corrected chi connectivity index (χ4v) is 1.94. The van der Waals surface area contributed by atoms with Gasteiger partial charge < -0.3 is 14.6 Å².